The van der Waals surface area contributed by atoms with Crippen LogP contribution in [0.15, 0.2) is 60.9 Å². The largest absolute Gasteiger partial charge is 0.399 e. The number of nitrogens with two attached hydrogens (primary N) is 1. The summed E-state index contributed by atoms with van der Waals surface area (Å²) in [5, 5.41) is 27.4. The van der Waals surface area contributed by atoms with E-state index in [1.807, 2.05) is 48.7 Å². The van der Waals surface area contributed by atoms with Gasteiger partial charge in [0, 0.05) is 29.2 Å². The average Bonchev–Trinajstić information content (AvgIpc) is 3.46. The molecule has 5 aromatic rings. The van der Waals surface area contributed by atoms with E-state index in [9.17, 15) is 0 Å². The smallest absolute Gasteiger partial charge is 0.151 e. The van der Waals surface area contributed by atoms with E-state index < -0.39 is 0 Å². The first kappa shape index (κ1) is 20.6. The third-order valence-electron chi connectivity index (χ3n) is 5.05. The number of nitriles is 1. The molecule has 4 aromatic heterocycles. The Kier molecular flexibility index (Phi) is 5.20. The van der Waals surface area contributed by atoms with E-state index in [0.717, 1.165) is 43.7 Å². The molecule has 1 aromatic carbocycles. The highest BCUT2D eigenvalue weighted by Crippen LogP contribution is 2.36. The van der Waals surface area contributed by atoms with Crippen LogP contribution in [0, 0.1) is 11.3 Å². The molecule has 0 spiro atoms. The third-order valence-corrected chi connectivity index (χ3v) is 6.06. The summed E-state index contributed by atoms with van der Waals surface area (Å²) >= 11 is 1.50. The molecule has 0 aliphatic rings. The van der Waals surface area contributed by atoms with Crippen molar-refractivity contribution in [3.05, 3.63) is 66.5 Å². The minimum absolute atomic E-state index is 0.212. The van der Waals surface area contributed by atoms with Gasteiger partial charge in [-0.05, 0) is 62.4 Å². The highest BCUT2D eigenvalue weighted by atomic mass is 32.1. The molecule has 0 bridgehead atoms. The fourth-order valence-electron chi connectivity index (χ4n) is 3.52. The first-order valence-corrected chi connectivity index (χ1v) is 11.2. The Morgan fingerprint density at radius 3 is 2.58 bits per heavy atom. The second-order valence-electron chi connectivity index (χ2n) is 7.86. The molecule has 3 N–H and O–H groups in total. The maximum atomic E-state index is 9.13. The van der Waals surface area contributed by atoms with Gasteiger partial charge in [0.2, 0.25) is 0 Å². The maximum absolute atomic E-state index is 9.13. The van der Waals surface area contributed by atoms with E-state index in [1.54, 1.807) is 16.8 Å². The SMILES string of the molecule is CC(C)Nc1cc(-c2ccc3cc(C#N)cnn23)ncc1-c1nnc(-c2ccc(N)cc2)s1. The second kappa shape index (κ2) is 8.33. The first-order valence-electron chi connectivity index (χ1n) is 10.4. The lowest BCUT2D eigenvalue weighted by Gasteiger charge is -2.14. The number of pyridine rings is 1. The Morgan fingerprint density at radius 1 is 1.03 bits per heavy atom. The Labute approximate surface area is 194 Å². The Bertz CT molecular complexity index is 1490. The normalized spacial score (nSPS) is 11.1. The number of aromatic nitrogens is 5. The average molecular weight is 453 g/mol. The van der Waals surface area contributed by atoms with Crippen LogP contribution in [0.25, 0.3) is 38.0 Å². The predicted molar refractivity (Wildman–Crippen MR) is 131 cm³/mol. The quantitative estimate of drug-likeness (QED) is 0.366. The molecule has 0 saturated carbocycles. The lowest BCUT2D eigenvalue weighted by Crippen LogP contribution is -2.11. The van der Waals surface area contributed by atoms with Crippen LogP contribution < -0.4 is 11.1 Å². The zero-order valence-corrected chi connectivity index (χ0v) is 18.8. The lowest BCUT2D eigenvalue weighted by atomic mass is 10.1. The van der Waals surface area contributed by atoms with Crippen molar-refractivity contribution in [3.8, 4) is 38.6 Å². The zero-order valence-electron chi connectivity index (χ0n) is 18.0. The first-order chi connectivity index (χ1) is 16.0. The maximum Gasteiger partial charge on any atom is 0.151 e. The number of hydrogen-bond donors (Lipinski definition) is 2. The summed E-state index contributed by atoms with van der Waals surface area (Å²) in [5.41, 5.74) is 12.2. The monoisotopic (exact) mass is 452 g/mol. The van der Waals surface area contributed by atoms with Crippen LogP contribution in [0.5, 0.6) is 0 Å². The van der Waals surface area contributed by atoms with Crippen LogP contribution >= 0.6 is 11.3 Å². The highest BCUT2D eigenvalue weighted by Gasteiger charge is 2.17. The minimum atomic E-state index is 0.212. The van der Waals surface area contributed by atoms with E-state index in [0.29, 0.717) is 11.3 Å². The van der Waals surface area contributed by atoms with E-state index in [2.05, 4.69) is 40.5 Å². The van der Waals surface area contributed by atoms with Gasteiger partial charge in [0.15, 0.2) is 5.01 Å². The molecule has 0 aliphatic carbocycles. The van der Waals surface area contributed by atoms with Crippen molar-refractivity contribution in [2.45, 2.75) is 19.9 Å². The van der Waals surface area contributed by atoms with Crippen molar-refractivity contribution < 1.29 is 0 Å². The van der Waals surface area contributed by atoms with Crippen LogP contribution in [0.2, 0.25) is 0 Å². The minimum Gasteiger partial charge on any atom is -0.399 e. The van der Waals surface area contributed by atoms with Gasteiger partial charge in [0.05, 0.1) is 34.2 Å². The Hall–Kier alpha value is -4.29. The van der Waals surface area contributed by atoms with Crippen LogP contribution in [0.1, 0.15) is 19.4 Å². The summed E-state index contributed by atoms with van der Waals surface area (Å²) in [7, 11) is 0. The number of anilines is 2. The van der Waals surface area contributed by atoms with Gasteiger partial charge in [-0.1, -0.05) is 11.3 Å². The molecule has 0 aliphatic heterocycles. The summed E-state index contributed by atoms with van der Waals surface area (Å²) < 4.78 is 1.78. The molecule has 5 rings (SSSR count). The van der Waals surface area contributed by atoms with Gasteiger partial charge >= 0.3 is 0 Å². The van der Waals surface area contributed by atoms with Gasteiger partial charge in [-0.2, -0.15) is 10.4 Å². The van der Waals surface area contributed by atoms with Gasteiger partial charge in [-0.15, -0.1) is 10.2 Å². The molecule has 0 radical (unpaired) electrons. The Balaban J connectivity index is 1.56. The number of nitrogens with one attached hydrogen (secondary N) is 1. The zero-order chi connectivity index (χ0) is 22.9. The third kappa shape index (κ3) is 4.00. The fourth-order valence-corrected chi connectivity index (χ4v) is 4.40. The van der Waals surface area contributed by atoms with Crippen LogP contribution in [-0.4, -0.2) is 30.8 Å². The predicted octanol–water partition coefficient (Wildman–Crippen LogP) is 4.86. The van der Waals surface area contributed by atoms with Crippen molar-refractivity contribution in [1.82, 2.24) is 24.8 Å². The standard InChI is InChI=1S/C24H20N8S/c1-14(2)29-20-10-21(22-8-7-18-9-15(11-25)12-28-32(18)22)27-13-19(20)24-31-30-23(33-24)16-3-5-17(26)6-4-16/h3-10,12-14H,26H2,1-2H3,(H,27,29). The molecule has 33 heavy (non-hydrogen) atoms. The van der Waals surface area contributed by atoms with Gasteiger partial charge in [0.1, 0.15) is 11.1 Å². The topological polar surface area (TPSA) is 118 Å². The van der Waals surface area contributed by atoms with Crippen molar-refractivity contribution >= 4 is 28.2 Å². The van der Waals surface area contributed by atoms with Gasteiger partial charge in [-0.25, -0.2) is 4.52 Å². The van der Waals surface area contributed by atoms with E-state index >= 15 is 0 Å². The van der Waals surface area contributed by atoms with E-state index in [-0.39, 0.29) is 6.04 Å². The van der Waals surface area contributed by atoms with Crippen molar-refractivity contribution in [1.29, 1.82) is 5.26 Å². The Morgan fingerprint density at radius 2 is 1.82 bits per heavy atom. The number of rotatable bonds is 5. The van der Waals surface area contributed by atoms with Crippen LogP contribution in [0.4, 0.5) is 11.4 Å². The molecule has 0 atom stereocenters. The molecular weight excluding hydrogens is 432 g/mol. The molecule has 162 valence electrons. The lowest BCUT2D eigenvalue weighted by molar-refractivity contribution is 0.898. The molecule has 0 saturated heterocycles. The van der Waals surface area contributed by atoms with E-state index in [1.165, 1.54) is 11.3 Å². The van der Waals surface area contributed by atoms with Gasteiger partial charge < -0.3 is 11.1 Å². The molecule has 9 heteroatoms. The highest BCUT2D eigenvalue weighted by molar-refractivity contribution is 7.18. The summed E-state index contributed by atoms with van der Waals surface area (Å²) in [5.74, 6) is 0. The molecule has 0 fully saturated rings. The fraction of sp³-hybridized carbons (Fsp3) is 0.125. The summed E-state index contributed by atoms with van der Waals surface area (Å²) in [6.07, 6.45) is 3.37. The molecule has 0 amide bonds. The van der Waals surface area contributed by atoms with Crippen LogP contribution in [0.3, 0.4) is 0 Å². The molecule has 8 nitrogen and oxygen atoms in total. The van der Waals surface area contributed by atoms with Gasteiger partial charge in [0.25, 0.3) is 0 Å². The number of nitrogen functional groups attached to an aromatic ring is 1. The van der Waals surface area contributed by atoms with Crippen molar-refractivity contribution in [3.63, 3.8) is 0 Å². The van der Waals surface area contributed by atoms with Crippen LogP contribution in [-0.2, 0) is 0 Å². The number of benzene rings is 1. The van der Waals surface area contributed by atoms with E-state index in [4.69, 9.17) is 16.0 Å². The number of fused-ring (bicyclic) bond motifs is 1. The summed E-state index contributed by atoms with van der Waals surface area (Å²) in [4.78, 5) is 4.71. The van der Waals surface area contributed by atoms with Gasteiger partial charge in [-0.3, -0.25) is 4.98 Å². The number of hydrogen-bond acceptors (Lipinski definition) is 8. The molecular formula is C24H20N8S. The van der Waals surface area contributed by atoms with Crippen molar-refractivity contribution in [2.75, 3.05) is 11.1 Å². The molecule has 0 unspecified atom stereocenters. The second-order valence-corrected chi connectivity index (χ2v) is 8.84. The summed E-state index contributed by atoms with van der Waals surface area (Å²) in [6.45, 7) is 4.17. The molecule has 4 heterocycles. The summed E-state index contributed by atoms with van der Waals surface area (Å²) in [6, 6.07) is 17.6. The van der Waals surface area contributed by atoms with Crippen molar-refractivity contribution in [2.24, 2.45) is 0 Å². The number of nitrogens with zero attached hydrogens (tertiary/aromatic N) is 6.